The summed E-state index contributed by atoms with van der Waals surface area (Å²) in [7, 11) is -3.92. The topological polar surface area (TPSA) is 199 Å². The number of furan rings is 1. The van der Waals surface area contributed by atoms with Gasteiger partial charge in [-0.15, -0.1) is 0 Å². The molecule has 4 heterocycles. The summed E-state index contributed by atoms with van der Waals surface area (Å²) in [6.45, 7) is 8.31. The number of aryl methyl sites for hydroxylation is 1. The Hall–Kier alpha value is -5.51. The minimum Gasteiger partial charge on any atom is -0.470 e. The first-order valence-electron chi connectivity index (χ1n) is 22.9. The van der Waals surface area contributed by atoms with Crippen LogP contribution in [-0.4, -0.2) is 88.7 Å². The van der Waals surface area contributed by atoms with E-state index in [0.29, 0.717) is 54.6 Å². The summed E-state index contributed by atoms with van der Waals surface area (Å²) >= 11 is 0. The highest BCUT2D eigenvalue weighted by atomic mass is 32.2. The van der Waals surface area contributed by atoms with E-state index in [0.717, 1.165) is 60.6 Å². The summed E-state index contributed by atoms with van der Waals surface area (Å²) in [5.41, 5.74) is 2.69. The van der Waals surface area contributed by atoms with E-state index in [4.69, 9.17) is 23.9 Å². The third-order valence-electron chi connectivity index (χ3n) is 13.5. The number of carbonyl (C=O) groups is 4. The van der Waals surface area contributed by atoms with Gasteiger partial charge in [-0.2, -0.15) is 4.98 Å². The first kappa shape index (κ1) is 43.7. The molecular formula is C48H58N6O9S. The Bertz CT molecular complexity index is 2610. The maximum absolute atomic E-state index is 14.9. The molecule has 15 nitrogen and oxygen atoms in total. The Morgan fingerprint density at radius 3 is 2.41 bits per heavy atom. The molecule has 2 aromatic carbocycles. The molecule has 64 heavy (non-hydrogen) atoms. The van der Waals surface area contributed by atoms with Crippen molar-refractivity contribution in [3.8, 4) is 17.3 Å². The number of aromatic nitrogens is 2. The van der Waals surface area contributed by atoms with Crippen LogP contribution in [0.15, 0.2) is 59.0 Å². The summed E-state index contributed by atoms with van der Waals surface area (Å²) < 4.78 is 47.2. The lowest BCUT2D eigenvalue weighted by Gasteiger charge is -2.30. The number of fused-ring (bicyclic) bond motifs is 5. The van der Waals surface area contributed by atoms with Crippen LogP contribution in [0.3, 0.4) is 0 Å². The minimum absolute atomic E-state index is 0.00421. The number of carbonyl (C=O) groups excluding carboxylic acids is 4. The number of benzene rings is 2. The van der Waals surface area contributed by atoms with E-state index in [2.05, 4.69) is 48.3 Å². The molecule has 4 amide bonds. The highest BCUT2D eigenvalue weighted by molar-refractivity contribution is 7.91. The Morgan fingerprint density at radius 2 is 1.67 bits per heavy atom. The zero-order valence-corrected chi connectivity index (χ0v) is 37.8. The predicted octanol–water partition coefficient (Wildman–Crippen LogP) is 7.04. The molecule has 5 aliphatic rings. The fourth-order valence-electron chi connectivity index (χ4n) is 9.45. The van der Waals surface area contributed by atoms with Crippen molar-refractivity contribution in [3.63, 3.8) is 0 Å². The fraction of sp³-hybridized carbons (Fsp3) is 0.542. The fourth-order valence-corrected chi connectivity index (χ4v) is 10.8. The molecule has 0 spiro atoms. The number of amides is 4. The van der Waals surface area contributed by atoms with Crippen molar-refractivity contribution in [2.45, 2.75) is 152 Å². The third-order valence-corrected chi connectivity index (χ3v) is 15.3. The third kappa shape index (κ3) is 8.94. The zero-order valence-electron chi connectivity index (χ0n) is 37.0. The van der Waals surface area contributed by atoms with Gasteiger partial charge in [0, 0.05) is 23.3 Å². The van der Waals surface area contributed by atoms with Gasteiger partial charge in [0.05, 0.1) is 11.8 Å². The van der Waals surface area contributed by atoms with E-state index in [1.54, 1.807) is 0 Å². The lowest BCUT2D eigenvalue weighted by Crippen LogP contribution is -2.58. The Kier molecular flexibility index (Phi) is 11.7. The van der Waals surface area contributed by atoms with Crippen LogP contribution < -0.4 is 20.1 Å². The van der Waals surface area contributed by atoms with Gasteiger partial charge in [0.2, 0.25) is 27.4 Å². The molecule has 0 unspecified atom stereocenters. The standard InChI is InChI=1S/C48H58N6O9S/c1-28-13-12-17-35-38-40(63-39(28)35)43(51-41(50-38)29-19-21-30(22-20-29)47(2,3)4)61-33-25-37-42(55)52-48(45(57)53-64(59,60)34-23-24-34)26-31(48)14-8-6-5-7-9-18-36(44(56)54(37)27-33)49-46(58)62-32-15-10-11-16-32/h8,12-14,17,19-22,31-34,36-37H,5-7,9-11,15-16,18,23-27H2,1-4H3,(H,49,58)(H,52,55)(H,53,57)/t31-,33-,36+,37+,48-/m1/s1. The number of hydrogen-bond acceptors (Lipinski definition) is 11. The van der Waals surface area contributed by atoms with Crippen molar-refractivity contribution in [1.82, 2.24) is 30.2 Å². The molecule has 1 saturated heterocycles. The van der Waals surface area contributed by atoms with Crippen molar-refractivity contribution in [2.24, 2.45) is 5.92 Å². The second kappa shape index (κ2) is 17.1. The molecule has 0 radical (unpaired) electrons. The average Bonchev–Trinajstić information content (AvgIpc) is 4.06. The van der Waals surface area contributed by atoms with E-state index >= 15 is 0 Å². The van der Waals surface area contributed by atoms with Crippen LogP contribution in [0.1, 0.15) is 115 Å². The molecule has 2 aliphatic heterocycles. The highest BCUT2D eigenvalue weighted by Gasteiger charge is 2.62. The molecule has 3 aliphatic carbocycles. The van der Waals surface area contributed by atoms with Gasteiger partial charge < -0.3 is 29.4 Å². The number of para-hydroxylation sites is 1. The summed E-state index contributed by atoms with van der Waals surface area (Å²) in [5.74, 6) is -1.83. The molecule has 4 fully saturated rings. The van der Waals surface area contributed by atoms with Crippen LogP contribution >= 0.6 is 0 Å². The van der Waals surface area contributed by atoms with Gasteiger partial charge in [0.25, 0.3) is 11.8 Å². The number of alkyl carbamates (subject to hydrolysis) is 1. The molecule has 0 bridgehead atoms. The molecule has 2 aromatic heterocycles. The molecule has 4 aromatic rings. The maximum Gasteiger partial charge on any atom is 0.408 e. The lowest BCUT2D eigenvalue weighted by molar-refractivity contribution is -0.141. The van der Waals surface area contributed by atoms with E-state index in [-0.39, 0.29) is 36.8 Å². The van der Waals surface area contributed by atoms with Crippen LogP contribution in [0.5, 0.6) is 5.88 Å². The van der Waals surface area contributed by atoms with Gasteiger partial charge >= 0.3 is 6.09 Å². The monoisotopic (exact) mass is 894 g/mol. The van der Waals surface area contributed by atoms with Crippen molar-refractivity contribution >= 4 is 55.9 Å². The van der Waals surface area contributed by atoms with Gasteiger partial charge in [0.15, 0.2) is 5.82 Å². The van der Waals surface area contributed by atoms with E-state index in [9.17, 15) is 27.6 Å². The molecule has 3 saturated carbocycles. The Balaban J connectivity index is 1.06. The quantitative estimate of drug-likeness (QED) is 0.153. The number of rotatable bonds is 8. The second-order valence-corrected chi connectivity index (χ2v) is 21.4. The summed E-state index contributed by atoms with van der Waals surface area (Å²) in [6.07, 6.45) is 9.88. The molecule has 3 N–H and O–H groups in total. The number of nitrogens with zero attached hydrogens (tertiary/aromatic N) is 3. The lowest BCUT2D eigenvalue weighted by atomic mass is 9.87. The highest BCUT2D eigenvalue weighted by Crippen LogP contribution is 2.46. The summed E-state index contributed by atoms with van der Waals surface area (Å²) in [6, 6.07) is 11.7. The minimum atomic E-state index is -3.92. The molecular weight excluding hydrogens is 837 g/mol. The number of ether oxygens (including phenoxy) is 2. The van der Waals surface area contributed by atoms with Crippen molar-refractivity contribution < 1.29 is 41.5 Å². The molecule has 340 valence electrons. The van der Waals surface area contributed by atoms with Gasteiger partial charge in [-0.1, -0.05) is 82.2 Å². The normalized spacial score (nSPS) is 25.8. The predicted molar refractivity (Wildman–Crippen MR) is 240 cm³/mol. The van der Waals surface area contributed by atoms with Gasteiger partial charge in [-0.3, -0.25) is 19.1 Å². The molecule has 9 rings (SSSR count). The van der Waals surface area contributed by atoms with Gasteiger partial charge in [0.1, 0.15) is 40.9 Å². The smallest absolute Gasteiger partial charge is 0.408 e. The van der Waals surface area contributed by atoms with Crippen LogP contribution in [-0.2, 0) is 34.6 Å². The van der Waals surface area contributed by atoms with Crippen molar-refractivity contribution in [2.75, 3.05) is 6.54 Å². The largest absolute Gasteiger partial charge is 0.470 e. The summed E-state index contributed by atoms with van der Waals surface area (Å²) in [4.78, 5) is 68.2. The second-order valence-electron chi connectivity index (χ2n) is 19.4. The van der Waals surface area contributed by atoms with E-state index < -0.39 is 68.7 Å². The van der Waals surface area contributed by atoms with E-state index in [1.165, 1.54) is 4.90 Å². The summed E-state index contributed by atoms with van der Waals surface area (Å²) in [5, 5.41) is 5.91. The Morgan fingerprint density at radius 1 is 0.922 bits per heavy atom. The molecule has 5 atom stereocenters. The first-order valence-corrected chi connectivity index (χ1v) is 24.4. The maximum atomic E-state index is 14.9. The SMILES string of the molecule is Cc1cccc2c1oc1c(O[C@@H]3C[C@H]4C(=O)N[C@]5(C(=O)NS(=O)(=O)C6CC6)C[C@H]5C=CCCCCC[C@H](NC(=O)OC5CCCC5)C(=O)N4C3)nc(-c3ccc(C(C)(C)C)cc3)nc12. The first-order chi connectivity index (χ1) is 30.6. The molecule has 16 heteroatoms. The van der Waals surface area contributed by atoms with Crippen LogP contribution in [0.2, 0.25) is 0 Å². The number of hydrogen-bond donors (Lipinski definition) is 3. The average molecular weight is 895 g/mol. The number of sulfonamides is 1. The van der Waals surface area contributed by atoms with Crippen LogP contribution in [0, 0.1) is 12.8 Å². The number of nitrogens with one attached hydrogen (secondary N) is 3. The van der Waals surface area contributed by atoms with Crippen LogP contribution in [0.25, 0.3) is 33.5 Å². The van der Waals surface area contributed by atoms with Gasteiger partial charge in [-0.05, 0) is 93.7 Å². The number of allylic oxidation sites excluding steroid dienone is 1. The Labute approximate surface area is 373 Å². The van der Waals surface area contributed by atoms with Crippen LogP contribution in [0.4, 0.5) is 4.79 Å². The van der Waals surface area contributed by atoms with Gasteiger partial charge in [-0.25, -0.2) is 18.2 Å². The van der Waals surface area contributed by atoms with E-state index in [1.807, 2.05) is 49.4 Å². The zero-order chi connectivity index (χ0) is 45.0. The van der Waals surface area contributed by atoms with Crippen molar-refractivity contribution in [1.29, 1.82) is 0 Å². The van der Waals surface area contributed by atoms with Crippen molar-refractivity contribution in [3.05, 3.63) is 65.7 Å².